The Morgan fingerprint density at radius 1 is 1.26 bits per heavy atom. The first-order valence-electron chi connectivity index (χ1n) is 12.2. The van der Waals surface area contributed by atoms with Gasteiger partial charge in [0.1, 0.15) is 28.9 Å². The zero-order valence-electron chi connectivity index (χ0n) is 21.8. The molecular formula is C27H31BrClN7O2. The van der Waals surface area contributed by atoms with E-state index in [0.717, 1.165) is 22.6 Å². The van der Waals surface area contributed by atoms with Gasteiger partial charge in [-0.15, -0.1) is 0 Å². The van der Waals surface area contributed by atoms with Gasteiger partial charge in [-0.2, -0.15) is 0 Å². The van der Waals surface area contributed by atoms with Crippen molar-refractivity contribution in [2.75, 3.05) is 32.1 Å². The number of hydrogen-bond donors (Lipinski definition) is 4. The van der Waals surface area contributed by atoms with Crippen LogP contribution in [0.4, 0.5) is 5.82 Å². The lowest BCUT2D eigenvalue weighted by Crippen LogP contribution is -2.29. The highest BCUT2D eigenvalue weighted by atomic mass is 79.9. The minimum absolute atomic E-state index is 0.130. The minimum atomic E-state index is -0.649. The third-order valence-electron chi connectivity index (χ3n) is 6.36. The number of aromatic nitrogens is 3. The van der Waals surface area contributed by atoms with Crippen molar-refractivity contribution in [1.82, 2.24) is 25.6 Å². The van der Waals surface area contributed by atoms with Crippen LogP contribution in [0.5, 0.6) is 5.75 Å². The van der Waals surface area contributed by atoms with Crippen molar-refractivity contribution < 1.29 is 9.84 Å². The third kappa shape index (κ3) is 5.99. The second-order valence-electron chi connectivity index (χ2n) is 9.04. The van der Waals surface area contributed by atoms with Crippen molar-refractivity contribution in [3.05, 3.63) is 69.6 Å². The number of hydrogen-bond acceptors (Lipinski definition) is 9. The van der Waals surface area contributed by atoms with E-state index in [0.29, 0.717) is 58.8 Å². The summed E-state index contributed by atoms with van der Waals surface area (Å²) in [5.74, 6) is 1.74. The third-order valence-corrected chi connectivity index (χ3v) is 7.28. The van der Waals surface area contributed by atoms with Crippen LogP contribution in [0, 0.1) is 12.3 Å². The molecular weight excluding hydrogens is 570 g/mol. The van der Waals surface area contributed by atoms with Gasteiger partial charge in [0.15, 0.2) is 5.82 Å². The van der Waals surface area contributed by atoms with Crippen LogP contribution >= 0.6 is 27.5 Å². The van der Waals surface area contributed by atoms with Gasteiger partial charge in [-0.25, -0.2) is 9.97 Å². The molecule has 0 spiro atoms. The summed E-state index contributed by atoms with van der Waals surface area (Å²) >= 11 is 9.95. The average molecular weight is 601 g/mol. The van der Waals surface area contributed by atoms with Gasteiger partial charge in [-0.05, 0) is 66.7 Å². The monoisotopic (exact) mass is 599 g/mol. The molecule has 11 heteroatoms. The minimum Gasteiger partial charge on any atom is -0.491 e. The predicted octanol–water partition coefficient (Wildman–Crippen LogP) is 4.30. The number of nitrogens with zero attached hydrogens (tertiary/aromatic N) is 4. The van der Waals surface area contributed by atoms with E-state index in [1.54, 1.807) is 31.4 Å². The van der Waals surface area contributed by atoms with Crippen molar-refractivity contribution >= 4 is 43.7 Å². The molecule has 2 aromatic heterocycles. The van der Waals surface area contributed by atoms with E-state index in [1.165, 1.54) is 0 Å². The lowest BCUT2D eigenvalue weighted by atomic mass is 10.1. The van der Waals surface area contributed by atoms with Gasteiger partial charge in [-0.3, -0.25) is 10.4 Å². The van der Waals surface area contributed by atoms with Crippen molar-refractivity contribution in [3.63, 3.8) is 0 Å². The molecule has 0 saturated carbocycles. The van der Waals surface area contributed by atoms with Crippen LogP contribution in [-0.4, -0.2) is 58.0 Å². The van der Waals surface area contributed by atoms with E-state index in [1.807, 2.05) is 27.0 Å². The van der Waals surface area contributed by atoms with Crippen LogP contribution in [0.15, 0.2) is 42.1 Å². The van der Waals surface area contributed by atoms with Crippen LogP contribution in [0.2, 0.25) is 5.02 Å². The number of rotatable bonds is 10. The average Bonchev–Trinajstić information content (AvgIpc) is 3.33. The molecule has 0 radical (unpaired) electrons. The molecule has 0 unspecified atom stereocenters. The van der Waals surface area contributed by atoms with Gasteiger partial charge in [0.05, 0.1) is 28.7 Å². The van der Waals surface area contributed by atoms with E-state index in [-0.39, 0.29) is 11.2 Å². The Balaban J connectivity index is 1.83. The molecule has 1 aromatic carbocycles. The summed E-state index contributed by atoms with van der Waals surface area (Å²) in [6.07, 6.45) is 1.15. The molecule has 0 fully saturated rings. The molecule has 0 saturated heterocycles. The number of ether oxygens (including phenoxy) is 1. The Morgan fingerprint density at radius 3 is 2.74 bits per heavy atom. The van der Waals surface area contributed by atoms with Crippen molar-refractivity contribution in [1.29, 1.82) is 5.41 Å². The number of aliphatic hydroxyl groups excluding tert-OH is 1. The zero-order valence-corrected chi connectivity index (χ0v) is 24.1. The number of likely N-dealkylation sites (N-methyl/N-ethyl adjacent to an activating group) is 1. The quantitative estimate of drug-likeness (QED) is 0.254. The first-order valence-corrected chi connectivity index (χ1v) is 13.4. The number of halogens is 2. The Bertz CT molecular complexity index is 1360. The molecule has 0 bridgehead atoms. The Morgan fingerprint density at radius 2 is 2.05 bits per heavy atom. The fourth-order valence-electron chi connectivity index (χ4n) is 4.37. The molecule has 9 nitrogen and oxygen atoms in total. The number of fused-ring (bicyclic) bond motifs is 1. The normalized spacial score (nSPS) is 14.1. The van der Waals surface area contributed by atoms with E-state index in [2.05, 4.69) is 42.5 Å². The summed E-state index contributed by atoms with van der Waals surface area (Å²) in [6.45, 7) is 5.69. The van der Waals surface area contributed by atoms with Gasteiger partial charge in [-0.1, -0.05) is 17.7 Å². The first kappa shape index (κ1) is 28.0. The van der Waals surface area contributed by atoms with Crippen molar-refractivity contribution in [2.24, 2.45) is 0 Å². The van der Waals surface area contributed by atoms with Crippen LogP contribution in [0.25, 0.3) is 17.1 Å². The summed E-state index contributed by atoms with van der Waals surface area (Å²) in [4.78, 5) is 16.6. The molecule has 38 heavy (non-hydrogen) atoms. The smallest absolute Gasteiger partial charge is 0.163 e. The Kier molecular flexibility index (Phi) is 8.99. The second-order valence-corrected chi connectivity index (χ2v) is 10.2. The van der Waals surface area contributed by atoms with Crippen LogP contribution in [0.3, 0.4) is 0 Å². The maximum Gasteiger partial charge on any atom is 0.163 e. The van der Waals surface area contributed by atoms with Gasteiger partial charge < -0.3 is 25.4 Å². The fourth-order valence-corrected chi connectivity index (χ4v) is 4.77. The van der Waals surface area contributed by atoms with Gasteiger partial charge in [0, 0.05) is 43.0 Å². The summed E-state index contributed by atoms with van der Waals surface area (Å²) < 4.78 is 6.08. The van der Waals surface area contributed by atoms with E-state index in [4.69, 9.17) is 31.7 Å². The molecule has 0 amide bonds. The van der Waals surface area contributed by atoms with E-state index < -0.39 is 6.10 Å². The second kappa shape index (κ2) is 12.2. The zero-order chi connectivity index (χ0) is 27.4. The number of allylic oxidation sites excluding steroid dienone is 1. The lowest BCUT2D eigenvalue weighted by Gasteiger charge is -2.23. The molecule has 3 aromatic rings. The highest BCUT2D eigenvalue weighted by Crippen LogP contribution is 2.36. The lowest BCUT2D eigenvalue weighted by molar-refractivity contribution is 0.108. The highest BCUT2D eigenvalue weighted by Gasteiger charge is 2.26. The van der Waals surface area contributed by atoms with Crippen molar-refractivity contribution in [3.8, 4) is 17.1 Å². The molecule has 0 aliphatic carbocycles. The highest BCUT2D eigenvalue weighted by molar-refractivity contribution is 9.18. The Labute approximate surface area is 236 Å². The standard InChI is InChI=1S/C27H31BrClN7O2/c1-15(25(28)30)23(32-4)24-16(2)27(36-12-17-6-5-9-33-22(17)13-36)35-26(34-24)20-10-19(7-8-21(20)29)38-14-18(37)11-31-3/h5-10,18,30-32,37H,11-14H2,1-4H3/b23-15-,30-25?/t18-/m1/s1. The van der Waals surface area contributed by atoms with Gasteiger partial charge >= 0.3 is 0 Å². The summed E-state index contributed by atoms with van der Waals surface area (Å²) in [5, 5.41) is 24.8. The van der Waals surface area contributed by atoms with Crippen LogP contribution in [0.1, 0.15) is 29.4 Å². The summed E-state index contributed by atoms with van der Waals surface area (Å²) in [6, 6.07) is 9.30. The molecule has 1 atom stereocenters. The maximum absolute atomic E-state index is 10.1. The molecule has 1 aliphatic heterocycles. The summed E-state index contributed by atoms with van der Waals surface area (Å²) in [7, 11) is 3.58. The predicted molar refractivity (Wildman–Crippen MR) is 155 cm³/mol. The topological polar surface area (TPSA) is 119 Å². The van der Waals surface area contributed by atoms with E-state index in [9.17, 15) is 5.11 Å². The maximum atomic E-state index is 10.1. The van der Waals surface area contributed by atoms with Gasteiger partial charge in [0.2, 0.25) is 0 Å². The van der Waals surface area contributed by atoms with E-state index >= 15 is 0 Å². The number of pyridine rings is 1. The molecule has 4 rings (SSSR count). The molecule has 3 heterocycles. The SMILES string of the molecule is CNC[C@@H](O)COc1ccc(Cl)c(-c2nc(/C(NC)=C(\C)C(=N)Br)c(C)c(N3Cc4cccnc4C3)n2)c1. The number of anilines is 1. The molecule has 1 aliphatic rings. The molecule has 200 valence electrons. The molecule has 4 N–H and O–H groups in total. The van der Waals surface area contributed by atoms with Crippen molar-refractivity contribution in [2.45, 2.75) is 33.0 Å². The number of nitrogens with one attached hydrogen (secondary N) is 3. The van der Waals surface area contributed by atoms with Crippen LogP contribution < -0.4 is 20.3 Å². The first-order chi connectivity index (χ1) is 18.2. The number of benzene rings is 1. The summed E-state index contributed by atoms with van der Waals surface area (Å²) in [5.41, 5.74) is 5.74. The van der Waals surface area contributed by atoms with Gasteiger partial charge in [0.25, 0.3) is 0 Å². The Hall–Kier alpha value is -3.05. The van der Waals surface area contributed by atoms with Crippen LogP contribution in [-0.2, 0) is 13.1 Å². The largest absolute Gasteiger partial charge is 0.491 e. The number of aliphatic hydroxyl groups is 1. The fraction of sp³-hybridized carbons (Fsp3) is 0.333.